The molecule has 242 valence electrons. The summed E-state index contributed by atoms with van der Waals surface area (Å²) in [5, 5.41) is 5.68. The average Bonchev–Trinajstić information content (AvgIpc) is 2.94. The second kappa shape index (κ2) is 18.0. The minimum atomic E-state index is -0.988. The van der Waals surface area contributed by atoms with Gasteiger partial charge >= 0.3 is 12.1 Å². The maximum Gasteiger partial charge on any atom is 0.408 e. The lowest BCUT2D eigenvalue weighted by molar-refractivity contribution is -0.144. The molecular weight excluding hydrogens is 558 g/mol. The van der Waals surface area contributed by atoms with E-state index in [4.69, 9.17) is 9.47 Å². The van der Waals surface area contributed by atoms with Crippen molar-refractivity contribution in [3.63, 3.8) is 0 Å². The molecule has 2 N–H and O–H groups in total. The number of nitrogens with one attached hydrogen (secondary N) is 2. The average molecular weight is 610 g/mol. The lowest BCUT2D eigenvalue weighted by Crippen LogP contribution is -2.54. The highest BCUT2D eigenvalue weighted by molar-refractivity contribution is 5.93. The number of carbonyl (C=O) groups is 4. The van der Waals surface area contributed by atoms with E-state index < -0.39 is 35.7 Å². The first-order valence-electron chi connectivity index (χ1n) is 15.7. The van der Waals surface area contributed by atoms with E-state index in [1.54, 1.807) is 32.6 Å². The van der Waals surface area contributed by atoms with Crippen molar-refractivity contribution in [1.82, 2.24) is 15.5 Å². The van der Waals surface area contributed by atoms with Crippen molar-refractivity contribution in [2.45, 2.75) is 105 Å². The van der Waals surface area contributed by atoms with Crippen molar-refractivity contribution in [3.05, 3.63) is 70.8 Å². The van der Waals surface area contributed by atoms with Gasteiger partial charge in [-0.2, -0.15) is 0 Å². The Morgan fingerprint density at radius 3 is 2.14 bits per heavy atom. The van der Waals surface area contributed by atoms with Gasteiger partial charge in [-0.05, 0) is 70.2 Å². The molecule has 0 aliphatic heterocycles. The summed E-state index contributed by atoms with van der Waals surface area (Å²) in [4.78, 5) is 55.3. The molecule has 0 aliphatic rings. The summed E-state index contributed by atoms with van der Waals surface area (Å²) < 4.78 is 10.6. The van der Waals surface area contributed by atoms with E-state index in [1.165, 1.54) is 0 Å². The number of ether oxygens (including phenoxy) is 2. The molecule has 0 bridgehead atoms. The molecule has 0 aromatic heterocycles. The lowest BCUT2D eigenvalue weighted by atomic mass is 9.93. The van der Waals surface area contributed by atoms with E-state index in [1.807, 2.05) is 62.4 Å². The van der Waals surface area contributed by atoms with Crippen molar-refractivity contribution >= 4 is 23.9 Å². The molecule has 0 radical (unpaired) electrons. The van der Waals surface area contributed by atoms with Crippen LogP contribution >= 0.6 is 0 Å². The second-order valence-electron chi connectivity index (χ2n) is 12.0. The number of alkyl carbamates (subject to hydrolysis) is 1. The van der Waals surface area contributed by atoms with Crippen LogP contribution in [0.3, 0.4) is 0 Å². The van der Waals surface area contributed by atoms with Crippen LogP contribution < -0.4 is 10.6 Å². The van der Waals surface area contributed by atoms with Gasteiger partial charge in [-0.1, -0.05) is 74.7 Å². The first-order chi connectivity index (χ1) is 20.9. The first-order valence-corrected chi connectivity index (χ1v) is 15.7. The SMILES string of the molecule is CCCCCCN(C(=O)C(Cc1ccccc1)NC(=O)OC(C)(C)C)C(C(=O)NCCC(=O)OCC)c1c(C)cccc1C. The summed E-state index contributed by atoms with van der Waals surface area (Å²) >= 11 is 0. The molecule has 2 rings (SSSR count). The Morgan fingerprint density at radius 2 is 1.55 bits per heavy atom. The number of amides is 3. The Bertz CT molecular complexity index is 1200. The van der Waals surface area contributed by atoms with Crippen LogP contribution in [0.4, 0.5) is 4.79 Å². The molecular formula is C35H51N3O6. The predicted octanol–water partition coefficient (Wildman–Crippen LogP) is 5.96. The van der Waals surface area contributed by atoms with Crippen LogP contribution in [0, 0.1) is 13.8 Å². The van der Waals surface area contributed by atoms with Crippen LogP contribution in [0.5, 0.6) is 0 Å². The minimum absolute atomic E-state index is 0.0142. The Balaban J connectivity index is 2.57. The van der Waals surface area contributed by atoms with Gasteiger partial charge < -0.3 is 25.0 Å². The maximum absolute atomic E-state index is 14.6. The fourth-order valence-corrected chi connectivity index (χ4v) is 5.08. The quantitative estimate of drug-likeness (QED) is 0.179. The molecule has 2 aromatic rings. The fourth-order valence-electron chi connectivity index (χ4n) is 5.08. The van der Waals surface area contributed by atoms with Crippen LogP contribution in [0.2, 0.25) is 0 Å². The van der Waals surface area contributed by atoms with Crippen molar-refractivity contribution in [1.29, 1.82) is 0 Å². The Hall–Kier alpha value is -3.88. The molecule has 2 aromatic carbocycles. The highest BCUT2D eigenvalue weighted by Gasteiger charge is 2.37. The van der Waals surface area contributed by atoms with Crippen molar-refractivity contribution < 1.29 is 28.7 Å². The van der Waals surface area contributed by atoms with E-state index in [2.05, 4.69) is 17.6 Å². The fraction of sp³-hybridized carbons (Fsp3) is 0.543. The largest absolute Gasteiger partial charge is 0.466 e. The maximum atomic E-state index is 14.6. The number of hydrogen-bond acceptors (Lipinski definition) is 6. The van der Waals surface area contributed by atoms with Crippen LogP contribution in [0.25, 0.3) is 0 Å². The molecule has 9 nitrogen and oxygen atoms in total. The van der Waals surface area contributed by atoms with Gasteiger partial charge in [0.2, 0.25) is 11.8 Å². The van der Waals surface area contributed by atoms with Crippen LogP contribution in [0.15, 0.2) is 48.5 Å². The van der Waals surface area contributed by atoms with Gasteiger partial charge in [0.25, 0.3) is 0 Å². The third-order valence-electron chi connectivity index (χ3n) is 7.12. The number of carbonyl (C=O) groups excluding carboxylic acids is 4. The number of unbranched alkanes of at least 4 members (excludes halogenated alkanes) is 3. The molecule has 0 saturated carbocycles. The lowest BCUT2D eigenvalue weighted by Gasteiger charge is -2.36. The summed E-state index contributed by atoms with van der Waals surface area (Å²) in [5.74, 6) is -1.19. The first kappa shape index (κ1) is 36.3. The molecule has 0 aliphatic carbocycles. The number of rotatable bonds is 16. The second-order valence-corrected chi connectivity index (χ2v) is 12.0. The monoisotopic (exact) mass is 609 g/mol. The predicted molar refractivity (Wildman–Crippen MR) is 172 cm³/mol. The molecule has 9 heteroatoms. The number of benzene rings is 2. The highest BCUT2D eigenvalue weighted by Crippen LogP contribution is 2.29. The Morgan fingerprint density at radius 1 is 0.886 bits per heavy atom. The summed E-state index contributed by atoms with van der Waals surface area (Å²) in [6, 6.07) is 13.2. The van der Waals surface area contributed by atoms with E-state index in [9.17, 15) is 19.2 Å². The van der Waals surface area contributed by atoms with Crippen LogP contribution in [-0.2, 0) is 30.3 Å². The molecule has 3 amide bonds. The Kier molecular flexibility index (Phi) is 14.9. The summed E-state index contributed by atoms with van der Waals surface area (Å²) in [5.41, 5.74) is 2.54. The standard InChI is InChI=1S/C35H51N3O6/c1-8-10-11-15-23-38(33(41)28(24-27-19-13-12-14-20-27)37-34(42)44-35(5,6)7)31(30-25(3)17-16-18-26(30)4)32(40)36-22-21-29(39)43-9-2/h12-14,16-20,28,31H,8-11,15,21-24H2,1-7H3,(H,36,40)(H,37,42). The van der Waals surface area contributed by atoms with Crippen LogP contribution in [-0.4, -0.2) is 60.1 Å². The van der Waals surface area contributed by atoms with Crippen molar-refractivity contribution in [2.24, 2.45) is 0 Å². The molecule has 0 spiro atoms. The topological polar surface area (TPSA) is 114 Å². The molecule has 44 heavy (non-hydrogen) atoms. The molecule has 0 saturated heterocycles. The normalized spacial score (nSPS) is 12.5. The van der Waals surface area contributed by atoms with Gasteiger partial charge in [0.1, 0.15) is 17.7 Å². The van der Waals surface area contributed by atoms with E-state index in [-0.39, 0.29) is 31.9 Å². The smallest absolute Gasteiger partial charge is 0.408 e. The third-order valence-corrected chi connectivity index (χ3v) is 7.12. The molecule has 2 atom stereocenters. The minimum Gasteiger partial charge on any atom is -0.466 e. The Labute approximate surface area is 263 Å². The summed E-state index contributed by atoms with van der Waals surface area (Å²) in [6.07, 6.45) is 3.09. The van der Waals surface area contributed by atoms with Gasteiger partial charge in [-0.3, -0.25) is 14.4 Å². The molecule has 0 heterocycles. The number of aryl methyl sites for hydroxylation is 2. The van der Waals surface area contributed by atoms with Gasteiger partial charge in [0.15, 0.2) is 0 Å². The highest BCUT2D eigenvalue weighted by atomic mass is 16.6. The van der Waals surface area contributed by atoms with Crippen molar-refractivity contribution in [3.8, 4) is 0 Å². The van der Waals surface area contributed by atoms with Crippen molar-refractivity contribution in [2.75, 3.05) is 19.7 Å². The zero-order valence-electron chi connectivity index (χ0n) is 27.5. The van der Waals surface area contributed by atoms with Gasteiger partial charge in [-0.15, -0.1) is 0 Å². The van der Waals surface area contributed by atoms with E-state index in [0.717, 1.165) is 41.5 Å². The van der Waals surface area contributed by atoms with E-state index >= 15 is 0 Å². The summed E-state index contributed by atoms with van der Waals surface area (Å²) in [6.45, 7) is 13.6. The zero-order chi connectivity index (χ0) is 32.7. The van der Waals surface area contributed by atoms with Gasteiger partial charge in [-0.25, -0.2) is 4.79 Å². The van der Waals surface area contributed by atoms with Gasteiger partial charge in [0.05, 0.1) is 13.0 Å². The summed E-state index contributed by atoms with van der Waals surface area (Å²) in [7, 11) is 0. The third kappa shape index (κ3) is 12.0. The number of esters is 1. The van der Waals surface area contributed by atoms with Gasteiger partial charge in [0, 0.05) is 19.5 Å². The van der Waals surface area contributed by atoms with E-state index in [0.29, 0.717) is 13.0 Å². The number of nitrogens with zero attached hydrogens (tertiary/aromatic N) is 1. The molecule has 2 unspecified atom stereocenters. The number of hydrogen-bond donors (Lipinski definition) is 2. The van der Waals surface area contributed by atoms with Crippen LogP contribution in [0.1, 0.15) is 95.0 Å². The molecule has 0 fully saturated rings. The zero-order valence-corrected chi connectivity index (χ0v) is 27.5.